The minimum Gasteiger partial charge on any atom is -0.489 e. The third kappa shape index (κ3) is 6.36. The van der Waals surface area contributed by atoms with Gasteiger partial charge in [0.1, 0.15) is 12.4 Å². The second-order valence-electron chi connectivity index (χ2n) is 9.60. The first-order valence-corrected chi connectivity index (χ1v) is 13.1. The number of hydrogen-bond acceptors (Lipinski definition) is 3. The molecule has 184 valence electrons. The van der Waals surface area contributed by atoms with E-state index in [2.05, 4.69) is 83.5 Å². The number of nitrogens with zero attached hydrogens (tertiary/aromatic N) is 2. The molecule has 3 nitrogen and oxygen atoms in total. The van der Waals surface area contributed by atoms with Gasteiger partial charge in [0.25, 0.3) is 0 Å². The van der Waals surface area contributed by atoms with Crippen molar-refractivity contribution in [3.63, 3.8) is 0 Å². The predicted octanol–water partition coefficient (Wildman–Crippen LogP) is 7.13. The van der Waals surface area contributed by atoms with E-state index in [0.29, 0.717) is 6.61 Å². The first kappa shape index (κ1) is 24.6. The second kappa shape index (κ2) is 11.7. The Hall–Kier alpha value is -3.11. The van der Waals surface area contributed by atoms with E-state index in [1.807, 2.05) is 36.4 Å². The van der Waals surface area contributed by atoms with Gasteiger partial charge in [0.05, 0.1) is 6.04 Å². The van der Waals surface area contributed by atoms with E-state index in [1.54, 1.807) is 0 Å². The normalized spacial score (nSPS) is 15.5. The van der Waals surface area contributed by atoms with Crippen LogP contribution in [0.15, 0.2) is 103 Å². The molecule has 1 atom stereocenters. The monoisotopic (exact) mass is 496 g/mol. The Morgan fingerprint density at radius 1 is 0.722 bits per heavy atom. The van der Waals surface area contributed by atoms with Crippen molar-refractivity contribution >= 4 is 11.6 Å². The number of aryl methyl sites for hydroxylation is 1. The van der Waals surface area contributed by atoms with Crippen molar-refractivity contribution in [2.45, 2.75) is 26.1 Å². The van der Waals surface area contributed by atoms with E-state index >= 15 is 0 Å². The Morgan fingerprint density at radius 2 is 1.44 bits per heavy atom. The van der Waals surface area contributed by atoms with Crippen LogP contribution in [0, 0.1) is 6.92 Å². The van der Waals surface area contributed by atoms with Crippen LogP contribution in [0.1, 0.15) is 33.9 Å². The minimum absolute atomic E-state index is 0.156. The van der Waals surface area contributed by atoms with Crippen LogP contribution < -0.4 is 4.74 Å². The van der Waals surface area contributed by atoms with Gasteiger partial charge >= 0.3 is 0 Å². The average Bonchev–Trinajstić information content (AvgIpc) is 2.91. The molecule has 0 aromatic heterocycles. The lowest BCUT2D eigenvalue weighted by atomic mass is 9.96. The van der Waals surface area contributed by atoms with E-state index < -0.39 is 0 Å². The zero-order valence-electron chi connectivity index (χ0n) is 20.8. The molecule has 1 fully saturated rings. The molecule has 0 saturated carbocycles. The van der Waals surface area contributed by atoms with Gasteiger partial charge in [-0.3, -0.25) is 9.80 Å². The van der Waals surface area contributed by atoms with Crippen molar-refractivity contribution in [3.8, 4) is 5.75 Å². The average molecular weight is 497 g/mol. The van der Waals surface area contributed by atoms with Crippen LogP contribution in [-0.2, 0) is 13.2 Å². The number of hydrogen-bond donors (Lipinski definition) is 0. The van der Waals surface area contributed by atoms with Crippen molar-refractivity contribution in [2.75, 3.05) is 26.2 Å². The summed E-state index contributed by atoms with van der Waals surface area (Å²) in [5.41, 5.74) is 6.38. The molecule has 1 unspecified atom stereocenters. The first-order valence-electron chi connectivity index (χ1n) is 12.7. The molecule has 0 N–H and O–H groups in total. The fraction of sp³-hybridized carbons (Fsp3) is 0.250. The summed E-state index contributed by atoms with van der Waals surface area (Å²) in [4.78, 5) is 5.15. The lowest BCUT2D eigenvalue weighted by Crippen LogP contribution is -2.47. The van der Waals surface area contributed by atoms with Gasteiger partial charge in [-0.05, 0) is 53.4 Å². The van der Waals surface area contributed by atoms with Crippen molar-refractivity contribution in [3.05, 3.63) is 136 Å². The second-order valence-corrected chi connectivity index (χ2v) is 10.0. The highest BCUT2D eigenvalue weighted by molar-refractivity contribution is 6.30. The predicted molar refractivity (Wildman–Crippen MR) is 149 cm³/mol. The molecular weight excluding hydrogens is 464 g/mol. The Kier molecular flexibility index (Phi) is 8.02. The summed E-state index contributed by atoms with van der Waals surface area (Å²) in [6.45, 7) is 7.83. The zero-order chi connectivity index (χ0) is 24.7. The van der Waals surface area contributed by atoms with E-state index in [1.165, 1.54) is 27.8 Å². The summed E-state index contributed by atoms with van der Waals surface area (Å²) in [5, 5.41) is 0.764. The molecule has 0 amide bonds. The summed E-state index contributed by atoms with van der Waals surface area (Å²) < 4.78 is 6.17. The summed E-state index contributed by atoms with van der Waals surface area (Å²) >= 11 is 6.24. The minimum atomic E-state index is 0.156. The Morgan fingerprint density at radius 3 is 2.19 bits per heavy atom. The highest BCUT2D eigenvalue weighted by Gasteiger charge is 2.27. The van der Waals surface area contributed by atoms with Crippen LogP contribution in [-0.4, -0.2) is 36.0 Å². The highest BCUT2D eigenvalue weighted by atomic mass is 35.5. The number of halogens is 1. The van der Waals surface area contributed by atoms with Crippen LogP contribution in [0.3, 0.4) is 0 Å². The maximum absolute atomic E-state index is 6.24. The van der Waals surface area contributed by atoms with E-state index in [4.69, 9.17) is 16.3 Å². The summed E-state index contributed by atoms with van der Waals surface area (Å²) in [5.74, 6) is 0.897. The van der Waals surface area contributed by atoms with Gasteiger partial charge < -0.3 is 4.74 Å². The molecule has 0 spiro atoms. The highest BCUT2D eigenvalue weighted by Crippen LogP contribution is 2.32. The van der Waals surface area contributed by atoms with E-state index in [9.17, 15) is 0 Å². The molecule has 4 heteroatoms. The molecular formula is C32H33ClN2O. The SMILES string of the molecule is Cc1cccc(CN2CCN(C(c3ccc(Cl)cc3)c3cccc(OCc4ccccc4)c3)CC2)c1. The van der Waals surface area contributed by atoms with Crippen molar-refractivity contribution in [2.24, 2.45) is 0 Å². The molecule has 36 heavy (non-hydrogen) atoms. The molecule has 1 aliphatic rings. The Bertz CT molecular complexity index is 1250. The Labute approximate surface area is 219 Å². The van der Waals surface area contributed by atoms with Gasteiger partial charge in [-0.15, -0.1) is 0 Å². The first-order chi connectivity index (χ1) is 17.6. The van der Waals surface area contributed by atoms with E-state index in [-0.39, 0.29) is 6.04 Å². The fourth-order valence-electron chi connectivity index (χ4n) is 5.02. The van der Waals surface area contributed by atoms with Gasteiger partial charge in [-0.25, -0.2) is 0 Å². The molecule has 1 aliphatic heterocycles. The van der Waals surface area contributed by atoms with Crippen LogP contribution in [0.5, 0.6) is 5.75 Å². The summed E-state index contributed by atoms with van der Waals surface area (Å²) in [6.07, 6.45) is 0. The van der Waals surface area contributed by atoms with Crippen LogP contribution >= 0.6 is 11.6 Å². The molecule has 1 heterocycles. The van der Waals surface area contributed by atoms with Gasteiger partial charge in [0, 0.05) is 37.7 Å². The van der Waals surface area contributed by atoms with Crippen molar-refractivity contribution in [1.82, 2.24) is 9.80 Å². The van der Waals surface area contributed by atoms with Gasteiger partial charge in [-0.1, -0.05) is 96.0 Å². The topological polar surface area (TPSA) is 15.7 Å². The summed E-state index contributed by atoms with van der Waals surface area (Å²) in [7, 11) is 0. The Balaban J connectivity index is 1.32. The third-order valence-corrected chi connectivity index (χ3v) is 7.12. The molecule has 1 saturated heterocycles. The fourth-order valence-corrected chi connectivity index (χ4v) is 5.15. The largest absolute Gasteiger partial charge is 0.489 e. The standard InChI is InChI=1S/C32H33ClN2O/c1-25-7-5-10-27(21-25)23-34-17-19-35(20-18-34)32(28-13-15-30(33)16-14-28)29-11-6-12-31(22-29)36-24-26-8-3-2-4-9-26/h2-16,21-22,32H,17-20,23-24H2,1H3. The molecule has 4 aromatic carbocycles. The van der Waals surface area contributed by atoms with Gasteiger partial charge in [-0.2, -0.15) is 0 Å². The lowest BCUT2D eigenvalue weighted by Gasteiger charge is -2.40. The summed E-state index contributed by atoms with van der Waals surface area (Å²) in [6, 6.07) is 36.2. The number of piperazine rings is 1. The van der Waals surface area contributed by atoms with Crippen LogP contribution in [0.25, 0.3) is 0 Å². The van der Waals surface area contributed by atoms with Gasteiger partial charge in [0.2, 0.25) is 0 Å². The van der Waals surface area contributed by atoms with Crippen LogP contribution in [0.2, 0.25) is 5.02 Å². The molecule has 4 aromatic rings. The quantitative estimate of drug-likeness (QED) is 0.258. The molecule has 5 rings (SSSR count). The smallest absolute Gasteiger partial charge is 0.120 e. The number of benzene rings is 4. The maximum Gasteiger partial charge on any atom is 0.120 e. The van der Waals surface area contributed by atoms with E-state index in [0.717, 1.165) is 43.5 Å². The number of rotatable bonds is 8. The third-order valence-electron chi connectivity index (χ3n) is 6.87. The zero-order valence-corrected chi connectivity index (χ0v) is 21.6. The number of ether oxygens (including phenoxy) is 1. The van der Waals surface area contributed by atoms with Crippen molar-refractivity contribution in [1.29, 1.82) is 0 Å². The lowest BCUT2D eigenvalue weighted by molar-refractivity contribution is 0.105. The molecule has 0 aliphatic carbocycles. The molecule has 0 bridgehead atoms. The molecule has 0 radical (unpaired) electrons. The van der Waals surface area contributed by atoms with Crippen LogP contribution in [0.4, 0.5) is 0 Å². The maximum atomic E-state index is 6.24. The van der Waals surface area contributed by atoms with Gasteiger partial charge in [0.15, 0.2) is 0 Å². The van der Waals surface area contributed by atoms with Crippen molar-refractivity contribution < 1.29 is 4.74 Å².